The Morgan fingerprint density at radius 2 is 1.86 bits per heavy atom. The van der Waals surface area contributed by atoms with Crippen LogP contribution in [-0.2, 0) is 11.3 Å². The van der Waals surface area contributed by atoms with Crippen molar-refractivity contribution >= 4 is 5.91 Å². The van der Waals surface area contributed by atoms with Crippen LogP contribution < -0.4 is 10.2 Å². The molecule has 3 aromatic rings. The van der Waals surface area contributed by atoms with E-state index in [1.807, 2.05) is 62.4 Å². The molecule has 5 rings (SSSR count). The van der Waals surface area contributed by atoms with Gasteiger partial charge in [0, 0.05) is 18.0 Å². The van der Waals surface area contributed by atoms with Crippen LogP contribution in [0.4, 0.5) is 0 Å². The predicted molar refractivity (Wildman–Crippen MR) is 134 cm³/mol. The van der Waals surface area contributed by atoms with E-state index in [9.17, 15) is 4.79 Å². The van der Waals surface area contributed by atoms with Crippen molar-refractivity contribution in [3.8, 4) is 17.2 Å². The molecular formula is C28H32N4O3. The van der Waals surface area contributed by atoms with Gasteiger partial charge < -0.3 is 19.1 Å². The molecule has 3 heterocycles. The lowest BCUT2D eigenvalue weighted by atomic mass is 9.97. The van der Waals surface area contributed by atoms with Crippen LogP contribution in [0, 0.1) is 20.8 Å². The van der Waals surface area contributed by atoms with Gasteiger partial charge in [0.15, 0.2) is 0 Å². The van der Waals surface area contributed by atoms with Gasteiger partial charge in [0.1, 0.15) is 23.2 Å². The quantitative estimate of drug-likeness (QED) is 0.533. The Morgan fingerprint density at radius 1 is 1.09 bits per heavy atom. The third kappa shape index (κ3) is 4.68. The molecule has 182 valence electrons. The topological polar surface area (TPSA) is 70.8 Å². The van der Waals surface area contributed by atoms with Gasteiger partial charge in [-0.25, -0.2) is 10.4 Å². The van der Waals surface area contributed by atoms with Crippen molar-refractivity contribution in [2.24, 2.45) is 0 Å². The molecule has 0 spiro atoms. The predicted octanol–water partition coefficient (Wildman–Crippen LogP) is 5.19. The van der Waals surface area contributed by atoms with E-state index in [0.29, 0.717) is 18.2 Å². The zero-order valence-corrected chi connectivity index (χ0v) is 20.9. The molecule has 7 nitrogen and oxygen atoms in total. The van der Waals surface area contributed by atoms with Gasteiger partial charge in [0.05, 0.1) is 18.7 Å². The van der Waals surface area contributed by atoms with E-state index >= 15 is 0 Å². The van der Waals surface area contributed by atoms with Gasteiger partial charge in [-0.2, -0.15) is 0 Å². The number of carbonyl (C=O) groups excluding carboxylic acids is 1. The van der Waals surface area contributed by atoms with Crippen molar-refractivity contribution < 1.29 is 13.9 Å². The highest BCUT2D eigenvalue weighted by Gasteiger charge is 2.40. The van der Waals surface area contributed by atoms with Crippen LogP contribution in [0.15, 0.2) is 59.3 Å². The number of ether oxygens (including phenoxy) is 1. The molecule has 2 atom stereocenters. The second-order valence-electron chi connectivity index (χ2n) is 9.66. The first-order valence-electron chi connectivity index (χ1n) is 12.1. The second kappa shape index (κ2) is 9.23. The van der Waals surface area contributed by atoms with E-state index in [-0.39, 0.29) is 24.1 Å². The van der Waals surface area contributed by atoms with Gasteiger partial charge >= 0.3 is 0 Å². The van der Waals surface area contributed by atoms with Crippen LogP contribution in [-0.4, -0.2) is 32.9 Å². The maximum absolute atomic E-state index is 13.3. The molecule has 0 bridgehead atoms. The number of carbonyl (C=O) groups is 1. The fraction of sp³-hybridized carbons (Fsp3) is 0.357. The van der Waals surface area contributed by atoms with Gasteiger partial charge in [-0.3, -0.25) is 4.79 Å². The zero-order valence-electron chi connectivity index (χ0n) is 20.9. The summed E-state index contributed by atoms with van der Waals surface area (Å²) in [7, 11) is 0. The van der Waals surface area contributed by atoms with Crippen LogP contribution in [0.5, 0.6) is 5.75 Å². The summed E-state index contributed by atoms with van der Waals surface area (Å²) in [4.78, 5) is 19.8. The summed E-state index contributed by atoms with van der Waals surface area (Å²) < 4.78 is 11.7. The summed E-state index contributed by atoms with van der Waals surface area (Å²) in [5.74, 6) is 2.13. The molecule has 1 aromatic heterocycles. The summed E-state index contributed by atoms with van der Waals surface area (Å²) in [6.45, 7) is 10.5. The van der Waals surface area contributed by atoms with Crippen LogP contribution in [0.1, 0.15) is 54.5 Å². The number of hydrogen-bond acceptors (Lipinski definition) is 6. The van der Waals surface area contributed by atoms with Gasteiger partial charge in [-0.1, -0.05) is 18.2 Å². The van der Waals surface area contributed by atoms with Crippen molar-refractivity contribution in [1.29, 1.82) is 0 Å². The fourth-order valence-corrected chi connectivity index (χ4v) is 4.57. The minimum absolute atomic E-state index is 0.0606. The average Bonchev–Trinajstić information content (AvgIpc) is 3.42. The van der Waals surface area contributed by atoms with Gasteiger partial charge in [-0.05, 0) is 82.0 Å². The van der Waals surface area contributed by atoms with E-state index in [4.69, 9.17) is 14.1 Å². The van der Waals surface area contributed by atoms with E-state index in [2.05, 4.69) is 37.5 Å². The minimum Gasteiger partial charge on any atom is -0.491 e. The normalized spacial score (nSPS) is 19.5. The first-order chi connectivity index (χ1) is 16.8. The maximum atomic E-state index is 13.3. The van der Waals surface area contributed by atoms with Gasteiger partial charge in [0.2, 0.25) is 5.89 Å². The number of amides is 1. The Morgan fingerprint density at radius 3 is 2.57 bits per heavy atom. The molecule has 1 fully saturated rings. The number of hydrazine groups is 1. The highest BCUT2D eigenvalue weighted by atomic mass is 16.5. The maximum Gasteiger partial charge on any atom is 0.251 e. The third-order valence-corrected chi connectivity index (χ3v) is 6.69. The van der Waals surface area contributed by atoms with Gasteiger partial charge in [-0.15, -0.1) is 0 Å². The Bertz CT molecular complexity index is 1260. The standard InChI is InChI=1S/C28H32N4O3/c1-17(2)34-23-10-8-21(9-11-23)27-29-25(20(5)35-27)16-31-12-13-32-26(28(31)33)15-24(30-32)22-7-6-18(3)19(4)14-22/h6-14,17,24,26,30H,15-16H2,1-5H3. The van der Waals surface area contributed by atoms with Gasteiger partial charge in [0.25, 0.3) is 5.91 Å². The molecule has 0 aliphatic carbocycles. The lowest BCUT2D eigenvalue weighted by Crippen LogP contribution is -2.47. The molecule has 2 unspecified atom stereocenters. The number of nitrogens with zero attached hydrogens (tertiary/aromatic N) is 3. The Hall–Kier alpha value is -3.58. The van der Waals surface area contributed by atoms with Crippen molar-refractivity contribution in [2.75, 3.05) is 0 Å². The number of nitrogens with one attached hydrogen (secondary N) is 1. The van der Waals surface area contributed by atoms with E-state index in [1.165, 1.54) is 16.7 Å². The molecule has 0 radical (unpaired) electrons. The Balaban J connectivity index is 1.28. The fourth-order valence-electron chi connectivity index (χ4n) is 4.57. The van der Waals surface area contributed by atoms with Crippen molar-refractivity contribution in [3.05, 3.63) is 83.0 Å². The molecule has 1 N–H and O–H groups in total. The molecule has 1 saturated heterocycles. The Labute approximate surface area is 206 Å². The smallest absolute Gasteiger partial charge is 0.251 e. The summed E-state index contributed by atoms with van der Waals surface area (Å²) in [6.07, 6.45) is 4.60. The monoisotopic (exact) mass is 472 g/mol. The van der Waals surface area contributed by atoms with Crippen molar-refractivity contribution in [2.45, 2.75) is 65.8 Å². The lowest BCUT2D eigenvalue weighted by Gasteiger charge is -2.31. The summed E-state index contributed by atoms with van der Waals surface area (Å²) >= 11 is 0. The second-order valence-corrected chi connectivity index (χ2v) is 9.66. The number of oxazole rings is 1. The zero-order chi connectivity index (χ0) is 24.7. The minimum atomic E-state index is -0.244. The Kier molecular flexibility index (Phi) is 6.11. The number of fused-ring (bicyclic) bond motifs is 1. The highest BCUT2D eigenvalue weighted by molar-refractivity contribution is 5.84. The first kappa shape index (κ1) is 23.2. The number of aromatic nitrogens is 1. The van der Waals surface area contributed by atoms with Crippen LogP contribution in [0.25, 0.3) is 11.5 Å². The van der Waals surface area contributed by atoms with E-state index < -0.39 is 0 Å². The van der Waals surface area contributed by atoms with E-state index in [1.54, 1.807) is 4.90 Å². The molecule has 7 heteroatoms. The summed E-state index contributed by atoms with van der Waals surface area (Å²) in [5.41, 5.74) is 8.85. The number of aryl methyl sites for hydroxylation is 3. The third-order valence-electron chi connectivity index (χ3n) is 6.69. The van der Waals surface area contributed by atoms with Crippen LogP contribution in [0.3, 0.4) is 0 Å². The molecule has 2 aromatic carbocycles. The van der Waals surface area contributed by atoms with Crippen molar-refractivity contribution in [1.82, 2.24) is 20.3 Å². The van der Waals surface area contributed by atoms with Crippen molar-refractivity contribution in [3.63, 3.8) is 0 Å². The number of rotatable bonds is 6. The summed E-state index contributed by atoms with van der Waals surface area (Å²) in [6, 6.07) is 14.1. The first-order valence-corrected chi connectivity index (χ1v) is 12.1. The highest BCUT2D eigenvalue weighted by Crippen LogP contribution is 2.32. The number of hydrogen-bond donors (Lipinski definition) is 1. The van der Waals surface area contributed by atoms with Crippen LogP contribution in [0.2, 0.25) is 0 Å². The molecule has 0 saturated carbocycles. The molecule has 1 amide bonds. The molecule has 2 aliphatic heterocycles. The summed E-state index contributed by atoms with van der Waals surface area (Å²) in [5, 5.41) is 1.93. The molecular weight excluding hydrogens is 440 g/mol. The molecule has 35 heavy (non-hydrogen) atoms. The number of benzene rings is 2. The van der Waals surface area contributed by atoms with E-state index in [0.717, 1.165) is 23.4 Å². The van der Waals surface area contributed by atoms with Crippen LogP contribution >= 0.6 is 0 Å². The largest absolute Gasteiger partial charge is 0.491 e. The molecule has 2 aliphatic rings. The SMILES string of the molecule is Cc1ccc(C2CC3C(=O)N(Cc4nc(-c5ccc(OC(C)C)cc5)oc4C)C=CN3N2)cc1C. The lowest BCUT2D eigenvalue weighted by molar-refractivity contribution is -0.135. The average molecular weight is 473 g/mol.